The topological polar surface area (TPSA) is 41.9 Å². The molecule has 1 fully saturated rings. The summed E-state index contributed by atoms with van der Waals surface area (Å²) in [6.45, 7) is 6.16. The fourth-order valence-electron chi connectivity index (χ4n) is 4.41. The van der Waals surface area contributed by atoms with Crippen LogP contribution in [0.2, 0.25) is 0 Å². The molecule has 0 atom stereocenters. The molecule has 0 radical (unpaired) electrons. The van der Waals surface area contributed by atoms with Gasteiger partial charge in [-0.15, -0.1) is 11.3 Å². The van der Waals surface area contributed by atoms with Crippen LogP contribution in [0, 0.1) is 6.92 Å². The number of aromatic hydroxyl groups is 1. The number of nitrogens with zero attached hydrogens (tertiary/aromatic N) is 1. The molecule has 0 unspecified atom stereocenters. The van der Waals surface area contributed by atoms with Crippen LogP contribution in [0.15, 0.2) is 66.0 Å². The first-order chi connectivity index (χ1) is 16.2. The number of phenolic OH excluding ortho intramolecular Hbond substituents is 1. The highest BCUT2D eigenvalue weighted by molar-refractivity contribution is 7.10. The van der Waals surface area contributed by atoms with Gasteiger partial charge in [0.05, 0.1) is 0 Å². The van der Waals surface area contributed by atoms with Crippen molar-refractivity contribution in [1.82, 2.24) is 4.90 Å². The first kappa shape index (κ1) is 21.8. The van der Waals surface area contributed by atoms with Gasteiger partial charge in [-0.05, 0) is 104 Å². The second kappa shape index (κ2) is 9.86. The molecule has 2 heterocycles. The molecule has 3 aromatic carbocycles. The van der Waals surface area contributed by atoms with Crippen molar-refractivity contribution in [3.8, 4) is 34.1 Å². The summed E-state index contributed by atoms with van der Waals surface area (Å²) in [6, 6.07) is 19.5. The summed E-state index contributed by atoms with van der Waals surface area (Å²) >= 11 is 1.73. The minimum Gasteiger partial charge on any atom is -0.508 e. The third-order valence-corrected chi connectivity index (χ3v) is 7.03. The van der Waals surface area contributed by atoms with Crippen molar-refractivity contribution in [2.45, 2.75) is 26.2 Å². The predicted octanol–water partition coefficient (Wildman–Crippen LogP) is 7.24. The van der Waals surface area contributed by atoms with E-state index in [1.54, 1.807) is 23.5 Å². The minimum atomic E-state index is 0.249. The maximum atomic E-state index is 9.93. The Balaban J connectivity index is 1.35. The molecule has 170 valence electrons. The van der Waals surface area contributed by atoms with Crippen molar-refractivity contribution >= 4 is 22.1 Å². The Morgan fingerprint density at radius 3 is 2.45 bits per heavy atom. The minimum absolute atomic E-state index is 0.249. The highest BCUT2D eigenvalue weighted by atomic mass is 32.1. The van der Waals surface area contributed by atoms with E-state index in [2.05, 4.69) is 29.3 Å². The number of benzene rings is 3. The molecule has 0 saturated carbocycles. The van der Waals surface area contributed by atoms with Crippen LogP contribution in [-0.4, -0.2) is 36.2 Å². The summed E-state index contributed by atoms with van der Waals surface area (Å²) in [5, 5.41) is 14.0. The first-order valence-electron chi connectivity index (χ1n) is 11.6. The largest absolute Gasteiger partial charge is 0.508 e. The Morgan fingerprint density at radius 2 is 1.70 bits per heavy atom. The van der Waals surface area contributed by atoms with Crippen molar-refractivity contribution < 1.29 is 14.6 Å². The average molecular weight is 460 g/mol. The van der Waals surface area contributed by atoms with Crippen LogP contribution in [0.1, 0.15) is 24.1 Å². The van der Waals surface area contributed by atoms with E-state index in [0.717, 1.165) is 45.7 Å². The van der Waals surface area contributed by atoms with Gasteiger partial charge in [0.1, 0.15) is 29.6 Å². The molecule has 1 saturated heterocycles. The van der Waals surface area contributed by atoms with E-state index in [9.17, 15) is 5.11 Å². The molecule has 5 rings (SSSR count). The molecule has 4 nitrogen and oxygen atoms in total. The number of phenols is 1. The van der Waals surface area contributed by atoms with Crippen LogP contribution in [0.3, 0.4) is 0 Å². The van der Waals surface area contributed by atoms with E-state index in [-0.39, 0.29) is 5.75 Å². The summed E-state index contributed by atoms with van der Waals surface area (Å²) in [7, 11) is 0. The van der Waals surface area contributed by atoms with E-state index >= 15 is 0 Å². The number of rotatable bonds is 7. The lowest BCUT2D eigenvalue weighted by molar-refractivity contribution is 0.183. The molecule has 0 spiro atoms. The van der Waals surface area contributed by atoms with Gasteiger partial charge in [-0.1, -0.05) is 12.5 Å². The van der Waals surface area contributed by atoms with Crippen LogP contribution < -0.4 is 9.47 Å². The van der Waals surface area contributed by atoms with Crippen molar-refractivity contribution in [1.29, 1.82) is 0 Å². The Bertz CT molecular complexity index is 1230. The monoisotopic (exact) mass is 459 g/mol. The Kier molecular flexibility index (Phi) is 6.51. The Morgan fingerprint density at radius 1 is 0.909 bits per heavy atom. The predicted molar refractivity (Wildman–Crippen MR) is 136 cm³/mol. The molecule has 5 heteroatoms. The van der Waals surface area contributed by atoms with Gasteiger partial charge in [0.15, 0.2) is 0 Å². The molecule has 0 bridgehead atoms. The summed E-state index contributed by atoms with van der Waals surface area (Å²) in [6.07, 6.45) is 3.95. The van der Waals surface area contributed by atoms with Crippen molar-refractivity contribution in [2.24, 2.45) is 0 Å². The van der Waals surface area contributed by atoms with Gasteiger partial charge in [-0.2, -0.15) is 0 Å². The van der Waals surface area contributed by atoms with Crippen molar-refractivity contribution in [2.75, 3.05) is 26.2 Å². The molecule has 1 aliphatic rings. The van der Waals surface area contributed by atoms with E-state index in [0.29, 0.717) is 6.61 Å². The van der Waals surface area contributed by atoms with Crippen molar-refractivity contribution in [3.05, 3.63) is 70.9 Å². The van der Waals surface area contributed by atoms with E-state index in [1.165, 1.54) is 37.2 Å². The summed E-state index contributed by atoms with van der Waals surface area (Å²) < 4.78 is 12.4. The number of ether oxygens (including phenoxy) is 2. The highest BCUT2D eigenvalue weighted by Crippen LogP contribution is 2.41. The second-order valence-electron chi connectivity index (χ2n) is 8.62. The van der Waals surface area contributed by atoms with Crippen LogP contribution >= 0.6 is 11.3 Å². The molecule has 33 heavy (non-hydrogen) atoms. The maximum Gasteiger partial charge on any atom is 0.143 e. The fourth-order valence-corrected chi connectivity index (χ4v) is 5.11. The number of hydrogen-bond donors (Lipinski definition) is 1. The Hall–Kier alpha value is -3.02. The number of hydrogen-bond acceptors (Lipinski definition) is 5. The lowest BCUT2D eigenvalue weighted by Gasteiger charge is -2.26. The van der Waals surface area contributed by atoms with Gasteiger partial charge in [0.25, 0.3) is 0 Å². The third-order valence-electron chi connectivity index (χ3n) is 6.16. The third kappa shape index (κ3) is 5.15. The van der Waals surface area contributed by atoms with Crippen LogP contribution in [0.4, 0.5) is 0 Å². The lowest BCUT2D eigenvalue weighted by atomic mass is 10.0. The second-order valence-corrected chi connectivity index (χ2v) is 9.73. The smallest absolute Gasteiger partial charge is 0.143 e. The van der Waals surface area contributed by atoms with Gasteiger partial charge in [0, 0.05) is 22.4 Å². The zero-order valence-electron chi connectivity index (χ0n) is 18.9. The van der Waals surface area contributed by atoms with Crippen molar-refractivity contribution in [3.63, 3.8) is 0 Å². The molecular formula is C28H29NO3S. The fraction of sp³-hybridized carbons (Fsp3) is 0.286. The molecule has 0 amide bonds. The van der Waals surface area contributed by atoms with E-state index < -0.39 is 0 Å². The molecule has 1 N–H and O–H groups in total. The number of thiophene rings is 1. The zero-order chi connectivity index (χ0) is 22.6. The number of fused-ring (bicyclic) bond motifs is 1. The summed E-state index contributed by atoms with van der Waals surface area (Å²) in [5.74, 6) is 2.66. The Labute approximate surface area is 199 Å². The zero-order valence-corrected chi connectivity index (χ0v) is 19.7. The van der Waals surface area contributed by atoms with Crippen LogP contribution in [0.5, 0.6) is 23.0 Å². The SMILES string of the molecule is Cc1cc(-c2ccc3cc(O)ccc3c2Oc2ccc(OCCN3CCCCC3)cc2)cs1. The average Bonchev–Trinajstić information content (AvgIpc) is 3.27. The van der Waals surface area contributed by atoms with Gasteiger partial charge in [-0.25, -0.2) is 0 Å². The number of piperidine rings is 1. The molecule has 0 aliphatic carbocycles. The first-order valence-corrected chi connectivity index (χ1v) is 12.5. The normalized spacial score (nSPS) is 14.5. The van der Waals surface area contributed by atoms with Crippen LogP contribution in [-0.2, 0) is 0 Å². The number of aryl methyl sites for hydroxylation is 1. The van der Waals surface area contributed by atoms with Gasteiger partial charge in [-0.3, -0.25) is 4.90 Å². The van der Waals surface area contributed by atoms with Gasteiger partial charge >= 0.3 is 0 Å². The maximum absolute atomic E-state index is 9.93. The summed E-state index contributed by atoms with van der Waals surface area (Å²) in [5.41, 5.74) is 2.18. The number of likely N-dealkylation sites (tertiary alicyclic amines) is 1. The molecular weight excluding hydrogens is 430 g/mol. The van der Waals surface area contributed by atoms with E-state index in [4.69, 9.17) is 9.47 Å². The van der Waals surface area contributed by atoms with E-state index in [1.807, 2.05) is 36.4 Å². The standard InChI is InChI=1S/C28H29NO3S/c1-20-17-22(19-33-20)27-11-5-21-18-23(30)6-12-26(21)28(27)32-25-9-7-24(8-10-25)31-16-15-29-13-3-2-4-14-29/h5-12,17-19,30H,2-4,13-16H2,1H3. The van der Waals surface area contributed by atoms with Gasteiger partial charge < -0.3 is 14.6 Å². The van der Waals surface area contributed by atoms with Gasteiger partial charge in [0.2, 0.25) is 0 Å². The van der Waals surface area contributed by atoms with Crippen LogP contribution in [0.25, 0.3) is 21.9 Å². The highest BCUT2D eigenvalue weighted by Gasteiger charge is 2.14. The quantitative estimate of drug-likeness (QED) is 0.316. The molecule has 1 aliphatic heterocycles. The molecule has 1 aromatic heterocycles. The molecule has 4 aromatic rings. The lowest BCUT2D eigenvalue weighted by Crippen LogP contribution is -2.33. The summed E-state index contributed by atoms with van der Waals surface area (Å²) in [4.78, 5) is 3.74.